The van der Waals surface area contributed by atoms with Crippen LogP contribution in [-0.4, -0.2) is 56.5 Å². The number of amides is 2. The maximum atomic E-state index is 13.5. The first-order valence-electron chi connectivity index (χ1n) is 9.56. The number of hydrogen-bond acceptors (Lipinski definition) is 5. The number of carbonyl (C=O) groups is 2. The van der Waals surface area contributed by atoms with E-state index in [2.05, 4.69) is 15.4 Å². The average Bonchev–Trinajstić information content (AvgIpc) is 3.29. The monoisotopic (exact) mass is 414 g/mol. The lowest BCUT2D eigenvalue weighted by Crippen LogP contribution is -2.43. The minimum absolute atomic E-state index is 0.125. The molecule has 0 radical (unpaired) electrons. The lowest BCUT2D eigenvalue weighted by Gasteiger charge is -2.19. The Morgan fingerprint density at radius 3 is 2.87 bits per heavy atom. The second-order valence-electron chi connectivity index (χ2n) is 7.77. The molecule has 2 fully saturated rings. The fourth-order valence-electron chi connectivity index (χ4n) is 3.99. The van der Waals surface area contributed by atoms with Crippen LogP contribution in [0.3, 0.4) is 0 Å². The first-order valence-corrected chi connectivity index (χ1v) is 9.56. The van der Waals surface area contributed by atoms with Gasteiger partial charge in [0.1, 0.15) is 6.04 Å². The third kappa shape index (κ3) is 3.87. The first-order chi connectivity index (χ1) is 14.3. The summed E-state index contributed by atoms with van der Waals surface area (Å²) in [6.45, 7) is -1.26. The van der Waals surface area contributed by atoms with Crippen LogP contribution in [0.5, 0.6) is 0 Å². The Balaban J connectivity index is 1.41. The summed E-state index contributed by atoms with van der Waals surface area (Å²) in [5.41, 5.74) is 2.27. The molecule has 30 heavy (non-hydrogen) atoms. The molecule has 1 saturated heterocycles. The molecule has 2 aromatic heterocycles. The van der Waals surface area contributed by atoms with Crippen LogP contribution in [0.1, 0.15) is 46.2 Å². The van der Waals surface area contributed by atoms with Gasteiger partial charge in [-0.3, -0.25) is 19.3 Å². The zero-order chi connectivity index (χ0) is 21.5. The molecule has 3 unspecified atom stereocenters. The van der Waals surface area contributed by atoms with Crippen LogP contribution in [0.2, 0.25) is 0 Å². The van der Waals surface area contributed by atoms with Gasteiger partial charge in [0, 0.05) is 37.6 Å². The number of aryl methyl sites for hydroxylation is 1. The number of nitrogens with zero attached hydrogens (tertiary/aromatic N) is 5. The highest BCUT2D eigenvalue weighted by Gasteiger charge is 2.47. The Labute approximate surface area is 171 Å². The van der Waals surface area contributed by atoms with Gasteiger partial charge in [0.15, 0.2) is 0 Å². The molecule has 2 aromatic rings. The van der Waals surface area contributed by atoms with E-state index >= 15 is 0 Å². The van der Waals surface area contributed by atoms with Crippen molar-refractivity contribution >= 4 is 11.8 Å². The SMILES string of the molecule is Cn1cc(C2CC2c2cnccc2C(=O)NCC(=O)N2CC(F)(F)CC2C#N)cn1. The molecule has 2 amide bonds. The highest BCUT2D eigenvalue weighted by Crippen LogP contribution is 2.55. The van der Waals surface area contributed by atoms with Gasteiger partial charge in [-0.2, -0.15) is 10.4 Å². The normalized spacial score (nSPS) is 24.3. The first kappa shape index (κ1) is 19.9. The Hall–Kier alpha value is -3.35. The van der Waals surface area contributed by atoms with Crippen LogP contribution >= 0.6 is 0 Å². The van der Waals surface area contributed by atoms with Gasteiger partial charge in [0.2, 0.25) is 5.91 Å². The van der Waals surface area contributed by atoms with Crippen molar-refractivity contribution in [3.05, 3.63) is 47.5 Å². The van der Waals surface area contributed by atoms with Crippen molar-refractivity contribution in [3.63, 3.8) is 0 Å². The zero-order valence-corrected chi connectivity index (χ0v) is 16.3. The van der Waals surface area contributed by atoms with E-state index in [0.29, 0.717) is 5.56 Å². The maximum Gasteiger partial charge on any atom is 0.268 e. The standard InChI is InChI=1S/C20H20F2N6O2/c1-27-10-12(7-26-27)15-4-16(15)17-8-24-3-2-14(17)19(30)25-9-18(29)28-11-20(21,22)5-13(28)6-23/h2-3,7-8,10,13,15-16H,4-5,9,11H2,1H3,(H,25,30). The molecule has 3 heterocycles. The Morgan fingerprint density at radius 2 is 2.17 bits per heavy atom. The summed E-state index contributed by atoms with van der Waals surface area (Å²) in [7, 11) is 1.84. The van der Waals surface area contributed by atoms with Gasteiger partial charge in [-0.1, -0.05) is 0 Å². The number of hydrogen-bond donors (Lipinski definition) is 1. The third-order valence-electron chi connectivity index (χ3n) is 5.58. The summed E-state index contributed by atoms with van der Waals surface area (Å²) >= 11 is 0. The molecule has 0 bridgehead atoms. The number of nitriles is 1. The zero-order valence-electron chi connectivity index (χ0n) is 16.3. The van der Waals surface area contributed by atoms with Gasteiger partial charge in [-0.25, -0.2) is 8.78 Å². The van der Waals surface area contributed by atoms with E-state index in [0.717, 1.165) is 22.4 Å². The molecule has 10 heteroatoms. The fourth-order valence-corrected chi connectivity index (χ4v) is 3.99. The third-order valence-corrected chi connectivity index (χ3v) is 5.58. The molecular weight excluding hydrogens is 394 g/mol. The van der Waals surface area contributed by atoms with E-state index in [1.807, 2.05) is 13.2 Å². The number of halogens is 2. The molecule has 0 spiro atoms. The van der Waals surface area contributed by atoms with E-state index in [-0.39, 0.29) is 11.8 Å². The molecule has 1 saturated carbocycles. The van der Waals surface area contributed by atoms with Crippen LogP contribution in [0.25, 0.3) is 0 Å². The average molecular weight is 414 g/mol. The van der Waals surface area contributed by atoms with Gasteiger partial charge in [0.05, 0.1) is 25.4 Å². The number of rotatable bonds is 5. The van der Waals surface area contributed by atoms with E-state index in [1.165, 1.54) is 6.20 Å². The molecule has 4 rings (SSSR count). The predicted molar refractivity (Wildman–Crippen MR) is 101 cm³/mol. The van der Waals surface area contributed by atoms with Crippen molar-refractivity contribution in [1.82, 2.24) is 25.0 Å². The topological polar surface area (TPSA) is 104 Å². The molecule has 2 aliphatic rings. The quantitative estimate of drug-likeness (QED) is 0.800. The maximum absolute atomic E-state index is 13.5. The minimum atomic E-state index is -3.09. The number of carbonyl (C=O) groups excluding carboxylic acids is 2. The van der Waals surface area contributed by atoms with E-state index in [4.69, 9.17) is 5.26 Å². The van der Waals surface area contributed by atoms with Crippen LogP contribution in [0.15, 0.2) is 30.9 Å². The van der Waals surface area contributed by atoms with E-state index in [9.17, 15) is 18.4 Å². The molecule has 1 aliphatic heterocycles. The molecular formula is C20H20F2N6O2. The smallest absolute Gasteiger partial charge is 0.268 e. The highest BCUT2D eigenvalue weighted by atomic mass is 19.3. The molecule has 156 valence electrons. The molecule has 1 aliphatic carbocycles. The minimum Gasteiger partial charge on any atom is -0.343 e. The summed E-state index contributed by atoms with van der Waals surface area (Å²) in [6, 6.07) is 2.11. The van der Waals surface area contributed by atoms with Crippen LogP contribution in [-0.2, 0) is 11.8 Å². The number of likely N-dealkylation sites (tertiary alicyclic amines) is 1. The van der Waals surface area contributed by atoms with Crippen molar-refractivity contribution in [2.75, 3.05) is 13.1 Å². The number of aromatic nitrogens is 3. The van der Waals surface area contributed by atoms with Crippen LogP contribution in [0.4, 0.5) is 8.78 Å². The van der Waals surface area contributed by atoms with Gasteiger partial charge < -0.3 is 10.2 Å². The lowest BCUT2D eigenvalue weighted by molar-refractivity contribution is -0.131. The summed E-state index contributed by atoms with van der Waals surface area (Å²) < 4.78 is 28.8. The summed E-state index contributed by atoms with van der Waals surface area (Å²) in [4.78, 5) is 30.0. The lowest BCUT2D eigenvalue weighted by atomic mass is 10.0. The van der Waals surface area contributed by atoms with Gasteiger partial charge in [-0.05, 0) is 35.4 Å². The second kappa shape index (κ2) is 7.48. The summed E-state index contributed by atoms with van der Waals surface area (Å²) in [5.74, 6) is -3.90. The highest BCUT2D eigenvalue weighted by molar-refractivity contribution is 5.98. The van der Waals surface area contributed by atoms with Crippen LogP contribution < -0.4 is 5.32 Å². The summed E-state index contributed by atoms with van der Waals surface area (Å²) in [5, 5.41) is 15.7. The molecule has 0 aromatic carbocycles. The fraction of sp³-hybridized carbons (Fsp3) is 0.450. The Morgan fingerprint density at radius 1 is 1.37 bits per heavy atom. The molecule has 8 nitrogen and oxygen atoms in total. The van der Waals surface area contributed by atoms with Crippen molar-refractivity contribution in [1.29, 1.82) is 5.26 Å². The van der Waals surface area contributed by atoms with Gasteiger partial charge in [0.25, 0.3) is 11.8 Å². The second-order valence-corrected chi connectivity index (χ2v) is 7.77. The number of nitrogens with one attached hydrogen (secondary N) is 1. The molecule has 1 N–H and O–H groups in total. The van der Waals surface area contributed by atoms with Gasteiger partial charge in [-0.15, -0.1) is 0 Å². The molecule has 3 atom stereocenters. The van der Waals surface area contributed by atoms with E-state index < -0.39 is 43.3 Å². The van der Waals surface area contributed by atoms with E-state index in [1.54, 1.807) is 29.2 Å². The summed E-state index contributed by atoms with van der Waals surface area (Å²) in [6.07, 6.45) is 7.06. The van der Waals surface area contributed by atoms with Crippen molar-refractivity contribution in [2.45, 2.75) is 36.6 Å². The van der Waals surface area contributed by atoms with Crippen molar-refractivity contribution < 1.29 is 18.4 Å². The van der Waals surface area contributed by atoms with Crippen LogP contribution in [0, 0.1) is 11.3 Å². The van der Waals surface area contributed by atoms with Gasteiger partial charge >= 0.3 is 0 Å². The van der Waals surface area contributed by atoms with Crippen molar-refractivity contribution in [2.24, 2.45) is 7.05 Å². The Bertz CT molecular complexity index is 1030. The number of pyridine rings is 1. The largest absolute Gasteiger partial charge is 0.343 e. The predicted octanol–water partition coefficient (Wildman–Crippen LogP) is 1.58. The number of alkyl halides is 2. The Kier molecular flexibility index (Phi) is 4.97. The van der Waals surface area contributed by atoms with Crippen molar-refractivity contribution in [3.8, 4) is 6.07 Å².